The summed E-state index contributed by atoms with van der Waals surface area (Å²) in [4.78, 5) is 34.6. The molecule has 2 N–H and O–H groups in total. The van der Waals surface area contributed by atoms with Crippen LogP contribution in [0, 0.1) is 5.92 Å². The van der Waals surface area contributed by atoms with E-state index in [9.17, 15) is 14.7 Å². The molecule has 25 heavy (non-hydrogen) atoms. The Balaban J connectivity index is 1.48. The van der Waals surface area contributed by atoms with Crippen LogP contribution < -0.4 is 10.2 Å². The van der Waals surface area contributed by atoms with Crippen LogP contribution in [0.5, 0.6) is 0 Å². The number of anilines is 1. The van der Waals surface area contributed by atoms with Gasteiger partial charge < -0.3 is 15.3 Å². The second-order valence-corrected chi connectivity index (χ2v) is 7.55. The van der Waals surface area contributed by atoms with E-state index in [-0.39, 0.29) is 12.3 Å². The molecule has 0 radical (unpaired) electrons. The van der Waals surface area contributed by atoms with Gasteiger partial charge in [-0.15, -0.1) is 0 Å². The molecule has 3 heterocycles. The van der Waals surface area contributed by atoms with Gasteiger partial charge in [-0.25, -0.2) is 9.97 Å². The summed E-state index contributed by atoms with van der Waals surface area (Å²) >= 11 is 0. The zero-order chi connectivity index (χ0) is 17.4. The summed E-state index contributed by atoms with van der Waals surface area (Å²) in [6.07, 6.45) is 8.09. The number of amides is 1. The molecule has 0 bridgehead atoms. The highest BCUT2D eigenvalue weighted by atomic mass is 16.4. The largest absolute Gasteiger partial charge is 0.481 e. The quantitative estimate of drug-likeness (QED) is 0.866. The van der Waals surface area contributed by atoms with E-state index in [2.05, 4.69) is 15.2 Å². The maximum atomic E-state index is 11.8. The van der Waals surface area contributed by atoms with Gasteiger partial charge in [-0.2, -0.15) is 0 Å². The number of nitrogens with one attached hydrogen (secondary N) is 1. The lowest BCUT2D eigenvalue weighted by molar-refractivity contribution is -0.144. The number of carboxylic acid groups (broad SMARTS) is 1. The van der Waals surface area contributed by atoms with Crippen molar-refractivity contribution in [2.24, 2.45) is 5.92 Å². The van der Waals surface area contributed by atoms with E-state index in [1.165, 1.54) is 25.7 Å². The van der Waals surface area contributed by atoms with Crippen molar-refractivity contribution in [2.45, 2.75) is 56.4 Å². The van der Waals surface area contributed by atoms with Crippen molar-refractivity contribution in [1.29, 1.82) is 0 Å². The molecule has 1 saturated carbocycles. The summed E-state index contributed by atoms with van der Waals surface area (Å²) in [5.74, 6) is -0.390. The number of hydrogen-bond donors (Lipinski definition) is 2. The Morgan fingerprint density at radius 2 is 2.00 bits per heavy atom. The maximum absolute atomic E-state index is 11.8. The molecule has 1 aliphatic carbocycles. The molecule has 3 fully saturated rings. The number of carboxylic acids is 1. The summed E-state index contributed by atoms with van der Waals surface area (Å²) in [5, 5.41) is 12.4. The van der Waals surface area contributed by atoms with Crippen LogP contribution in [0.4, 0.5) is 5.95 Å². The third kappa shape index (κ3) is 2.96. The van der Waals surface area contributed by atoms with E-state index in [1.807, 2.05) is 12.3 Å². The lowest BCUT2D eigenvalue weighted by Gasteiger charge is -2.41. The van der Waals surface area contributed by atoms with E-state index in [1.54, 1.807) is 0 Å². The van der Waals surface area contributed by atoms with Crippen molar-refractivity contribution in [2.75, 3.05) is 18.0 Å². The second-order valence-electron chi connectivity index (χ2n) is 7.55. The van der Waals surface area contributed by atoms with Gasteiger partial charge in [0.2, 0.25) is 11.9 Å². The fraction of sp³-hybridized carbons (Fsp3) is 0.667. The normalized spacial score (nSPS) is 26.2. The molecule has 1 unspecified atom stereocenters. The van der Waals surface area contributed by atoms with Gasteiger partial charge in [0.05, 0.1) is 11.5 Å². The van der Waals surface area contributed by atoms with Crippen LogP contribution in [-0.2, 0) is 9.59 Å². The molecule has 1 atom stereocenters. The maximum Gasteiger partial charge on any atom is 0.309 e. The summed E-state index contributed by atoms with van der Waals surface area (Å²) in [7, 11) is 0. The first-order chi connectivity index (χ1) is 12.1. The van der Waals surface area contributed by atoms with E-state index < -0.39 is 17.4 Å². The summed E-state index contributed by atoms with van der Waals surface area (Å²) < 4.78 is 0. The average Bonchev–Trinajstić information content (AvgIpc) is 3.24. The molecule has 1 aromatic heterocycles. The van der Waals surface area contributed by atoms with Crippen molar-refractivity contribution in [3.05, 3.63) is 18.0 Å². The Morgan fingerprint density at radius 1 is 1.28 bits per heavy atom. The highest BCUT2D eigenvalue weighted by Gasteiger charge is 2.51. The molecular formula is C18H24N4O3. The van der Waals surface area contributed by atoms with Gasteiger partial charge in [-0.1, -0.05) is 12.8 Å². The van der Waals surface area contributed by atoms with Gasteiger partial charge in [0.25, 0.3) is 0 Å². The highest BCUT2D eigenvalue weighted by molar-refractivity contribution is 5.88. The molecule has 1 spiro atoms. The van der Waals surface area contributed by atoms with E-state index in [0.717, 1.165) is 11.6 Å². The van der Waals surface area contributed by atoms with Gasteiger partial charge in [-0.05, 0) is 31.7 Å². The van der Waals surface area contributed by atoms with Gasteiger partial charge in [0, 0.05) is 37.3 Å². The lowest BCUT2D eigenvalue weighted by atomic mass is 9.78. The Bertz CT molecular complexity index is 679. The molecule has 2 aliphatic heterocycles. The van der Waals surface area contributed by atoms with Crippen molar-refractivity contribution in [3.63, 3.8) is 0 Å². The number of nitrogens with zero attached hydrogens (tertiary/aromatic N) is 3. The molecule has 7 heteroatoms. The predicted molar refractivity (Wildman–Crippen MR) is 91.3 cm³/mol. The minimum atomic E-state index is -0.883. The molecule has 1 aromatic rings. The number of carbonyl (C=O) groups is 2. The fourth-order valence-corrected chi connectivity index (χ4v) is 4.66. The molecule has 3 aliphatic rings. The van der Waals surface area contributed by atoms with Crippen LogP contribution >= 0.6 is 0 Å². The van der Waals surface area contributed by atoms with E-state index >= 15 is 0 Å². The number of hydrogen-bond acceptors (Lipinski definition) is 5. The first kappa shape index (κ1) is 16.3. The lowest BCUT2D eigenvalue weighted by Crippen LogP contribution is -2.56. The van der Waals surface area contributed by atoms with Crippen LogP contribution in [0.1, 0.15) is 56.6 Å². The first-order valence-electron chi connectivity index (χ1n) is 9.19. The Hall–Kier alpha value is -2.18. The SMILES string of the molecule is O=C1CC(C(=O)O)C2(CCN(c3nccc(C4CCCC4)n3)CC2)N1. The molecule has 0 aromatic carbocycles. The zero-order valence-electron chi connectivity index (χ0n) is 14.3. The predicted octanol–water partition coefficient (Wildman–Crippen LogP) is 1.69. The number of carbonyl (C=O) groups excluding carboxylic acids is 1. The Labute approximate surface area is 146 Å². The van der Waals surface area contributed by atoms with Crippen LogP contribution in [0.2, 0.25) is 0 Å². The minimum Gasteiger partial charge on any atom is -0.481 e. The number of piperidine rings is 1. The van der Waals surface area contributed by atoms with E-state index in [4.69, 9.17) is 4.98 Å². The summed E-state index contributed by atoms with van der Waals surface area (Å²) in [6, 6.07) is 2.02. The van der Waals surface area contributed by atoms with Crippen LogP contribution in [0.15, 0.2) is 12.3 Å². The Morgan fingerprint density at radius 3 is 2.68 bits per heavy atom. The fourth-order valence-electron chi connectivity index (χ4n) is 4.66. The Kier molecular flexibility index (Phi) is 4.09. The molecule has 7 nitrogen and oxygen atoms in total. The van der Waals surface area contributed by atoms with Crippen LogP contribution in [0.3, 0.4) is 0 Å². The molecule has 134 valence electrons. The molecule has 2 saturated heterocycles. The number of rotatable bonds is 3. The monoisotopic (exact) mass is 344 g/mol. The second kappa shape index (κ2) is 6.28. The third-order valence-corrected chi connectivity index (χ3v) is 6.12. The number of aliphatic carboxylic acids is 1. The molecular weight excluding hydrogens is 320 g/mol. The highest BCUT2D eigenvalue weighted by Crippen LogP contribution is 2.38. The first-order valence-corrected chi connectivity index (χ1v) is 9.19. The topological polar surface area (TPSA) is 95.4 Å². The minimum absolute atomic E-state index is 0.0863. The summed E-state index contributed by atoms with van der Waals surface area (Å²) in [6.45, 7) is 1.33. The van der Waals surface area contributed by atoms with Crippen molar-refractivity contribution in [1.82, 2.24) is 15.3 Å². The van der Waals surface area contributed by atoms with Crippen molar-refractivity contribution in [3.8, 4) is 0 Å². The number of aromatic nitrogens is 2. The van der Waals surface area contributed by atoms with Crippen LogP contribution in [-0.4, -0.2) is 45.6 Å². The van der Waals surface area contributed by atoms with Crippen LogP contribution in [0.25, 0.3) is 0 Å². The van der Waals surface area contributed by atoms with Gasteiger partial charge in [-0.3, -0.25) is 9.59 Å². The van der Waals surface area contributed by atoms with Crippen molar-refractivity contribution >= 4 is 17.8 Å². The third-order valence-electron chi connectivity index (χ3n) is 6.12. The van der Waals surface area contributed by atoms with Gasteiger partial charge >= 0.3 is 5.97 Å². The average molecular weight is 344 g/mol. The molecule has 1 amide bonds. The summed E-state index contributed by atoms with van der Waals surface area (Å²) in [5.41, 5.74) is 0.517. The molecule has 4 rings (SSSR count). The zero-order valence-corrected chi connectivity index (χ0v) is 14.3. The standard InChI is InChI=1S/C18H24N4O3/c23-15-11-13(16(24)25)18(21-15)6-9-22(10-7-18)17-19-8-5-14(20-17)12-3-1-2-4-12/h5,8,12-13H,1-4,6-7,9-11H2,(H,21,23)(H,24,25). The van der Waals surface area contributed by atoms with Crippen molar-refractivity contribution < 1.29 is 14.7 Å². The van der Waals surface area contributed by atoms with Gasteiger partial charge in [0.1, 0.15) is 0 Å². The van der Waals surface area contributed by atoms with Gasteiger partial charge in [0.15, 0.2) is 0 Å². The smallest absolute Gasteiger partial charge is 0.309 e. The van der Waals surface area contributed by atoms with E-state index in [0.29, 0.717) is 31.8 Å².